The molecule has 0 saturated carbocycles. The smallest absolute Gasteiger partial charge is 0.264 e. The molecule has 3 N–H and O–H groups in total. The van der Waals surface area contributed by atoms with Gasteiger partial charge in [0, 0.05) is 20.3 Å². The van der Waals surface area contributed by atoms with Crippen LogP contribution in [0.3, 0.4) is 0 Å². The van der Waals surface area contributed by atoms with Crippen molar-refractivity contribution in [2.45, 2.75) is 32.1 Å². The van der Waals surface area contributed by atoms with E-state index in [1.807, 2.05) is 5.32 Å². The van der Waals surface area contributed by atoms with Crippen LogP contribution >= 0.6 is 0 Å². The molecule has 0 radical (unpaired) electrons. The van der Waals surface area contributed by atoms with Gasteiger partial charge in [0.05, 0.1) is 10.9 Å². The van der Waals surface area contributed by atoms with Crippen molar-refractivity contribution >= 4 is 28.4 Å². The molecular weight excluding hydrogens is 284 g/mol. The van der Waals surface area contributed by atoms with E-state index in [2.05, 4.69) is 4.98 Å². The third-order valence-electron chi connectivity index (χ3n) is 3.65. The third-order valence-corrected chi connectivity index (χ3v) is 3.65. The number of fused-ring (bicyclic) bond motifs is 1. The summed E-state index contributed by atoms with van der Waals surface area (Å²) in [5, 5.41) is 1.70. The van der Waals surface area contributed by atoms with E-state index in [1.54, 1.807) is 0 Å². The number of benzene rings is 1. The number of nitrogens with two attached hydrogens (primary N) is 1. The number of anilines is 1. The zero-order valence-corrected chi connectivity index (χ0v) is 11.3. The van der Waals surface area contributed by atoms with Gasteiger partial charge in [-0.1, -0.05) is 6.07 Å². The second-order valence-electron chi connectivity index (χ2n) is 5.05. The molecule has 2 amide bonds. The number of carbonyl (C=O) groups is 2. The summed E-state index contributed by atoms with van der Waals surface area (Å²) in [6.45, 7) is -6.17. The van der Waals surface area contributed by atoms with Crippen molar-refractivity contribution in [1.29, 1.82) is 0 Å². The van der Waals surface area contributed by atoms with Crippen LogP contribution in [0.25, 0.3) is 10.9 Å². The first kappa shape index (κ1) is 8.67. The Labute approximate surface area is 134 Å². The van der Waals surface area contributed by atoms with E-state index < -0.39 is 48.9 Å². The first-order valence-corrected chi connectivity index (χ1v) is 6.47. The van der Waals surface area contributed by atoms with Crippen molar-refractivity contribution in [3.63, 3.8) is 0 Å². The van der Waals surface area contributed by atoms with Crippen molar-refractivity contribution in [2.75, 3.05) is 5.73 Å². The maximum absolute atomic E-state index is 13.3. The van der Waals surface area contributed by atoms with Crippen molar-refractivity contribution < 1.29 is 17.8 Å². The van der Waals surface area contributed by atoms with Crippen LogP contribution < -0.4 is 16.6 Å². The monoisotopic (exact) mass is 306 g/mol. The van der Waals surface area contributed by atoms with Crippen molar-refractivity contribution in [3.05, 3.63) is 34.4 Å². The average molecular weight is 306 g/mol. The number of aryl methyl sites for hydroxylation is 1. The minimum Gasteiger partial charge on any atom is -0.398 e. The van der Waals surface area contributed by atoms with Crippen LogP contribution in [0.5, 0.6) is 0 Å². The zero-order chi connectivity index (χ0) is 21.1. The maximum Gasteiger partial charge on any atom is 0.264 e. The summed E-state index contributed by atoms with van der Waals surface area (Å²) < 4.78 is 47.4. The number of rotatable bonds is 1. The van der Waals surface area contributed by atoms with Crippen molar-refractivity contribution in [3.8, 4) is 0 Å². The molecule has 0 aliphatic carbocycles. The van der Waals surface area contributed by atoms with Gasteiger partial charge in [-0.25, -0.2) is 4.98 Å². The first-order valence-electron chi connectivity index (χ1n) is 9.47. The van der Waals surface area contributed by atoms with Crippen LogP contribution in [0.4, 0.5) is 5.69 Å². The molecule has 1 aliphatic heterocycles. The van der Waals surface area contributed by atoms with Gasteiger partial charge in [-0.3, -0.25) is 24.3 Å². The summed E-state index contributed by atoms with van der Waals surface area (Å²) in [6.07, 6.45) is -0.976. The Hall–Kier alpha value is -2.70. The number of nitrogens with zero attached hydrogens (tertiary/aromatic N) is 2. The number of piperidine rings is 1. The largest absolute Gasteiger partial charge is 0.398 e. The van der Waals surface area contributed by atoms with Gasteiger partial charge in [0.2, 0.25) is 5.91 Å². The van der Waals surface area contributed by atoms with Crippen LogP contribution in [0.2, 0.25) is 0 Å². The molecule has 1 aromatic carbocycles. The molecule has 1 unspecified atom stereocenters. The lowest BCUT2D eigenvalue weighted by Gasteiger charge is -2.34. The fourth-order valence-corrected chi connectivity index (χ4v) is 2.52. The van der Waals surface area contributed by atoms with E-state index in [-0.39, 0.29) is 23.0 Å². The van der Waals surface area contributed by atoms with E-state index in [1.165, 1.54) is 18.2 Å². The SMILES string of the molecule is [2H]C([2H])([2H])c1nc2cccc(N)c2c(=O)n1C1(C([2H])([2H])[2H])CCC(=O)NC1=O. The maximum atomic E-state index is 13.3. The first-order chi connectivity index (χ1) is 12.8. The molecule has 3 rings (SSSR count). The topological polar surface area (TPSA) is 107 Å². The van der Waals surface area contributed by atoms with Crippen molar-refractivity contribution in [2.24, 2.45) is 0 Å². The van der Waals surface area contributed by atoms with E-state index >= 15 is 0 Å². The fraction of sp³-hybridized carbons (Fsp3) is 0.333. The predicted molar refractivity (Wildman–Crippen MR) is 81.2 cm³/mol. The molecule has 114 valence electrons. The molecule has 2 aromatic rings. The highest BCUT2D eigenvalue weighted by atomic mass is 16.2. The van der Waals surface area contributed by atoms with E-state index in [0.717, 1.165) is 0 Å². The van der Waals surface area contributed by atoms with Gasteiger partial charge in [0.15, 0.2) is 0 Å². The van der Waals surface area contributed by atoms with E-state index in [0.29, 0.717) is 4.57 Å². The summed E-state index contributed by atoms with van der Waals surface area (Å²) in [7, 11) is 0. The van der Waals surface area contributed by atoms with Crippen LogP contribution in [-0.2, 0) is 15.1 Å². The summed E-state index contributed by atoms with van der Waals surface area (Å²) in [6, 6.07) is 4.19. The molecule has 1 aliphatic rings. The number of imide groups is 1. The Balaban J connectivity index is 2.54. The van der Waals surface area contributed by atoms with Crippen LogP contribution in [0.15, 0.2) is 23.0 Å². The molecule has 1 fully saturated rings. The highest BCUT2D eigenvalue weighted by Crippen LogP contribution is 2.27. The number of nitrogens with one attached hydrogen (secondary N) is 1. The minimum absolute atomic E-state index is 0.0413. The molecule has 1 aromatic heterocycles. The van der Waals surface area contributed by atoms with Gasteiger partial charge in [-0.05, 0) is 32.3 Å². The fourth-order valence-electron chi connectivity index (χ4n) is 2.52. The van der Waals surface area contributed by atoms with Gasteiger partial charge >= 0.3 is 0 Å². The molecular formula is C15H16N4O3. The molecule has 0 bridgehead atoms. The predicted octanol–water partition coefficient (Wildman–Crippen LogP) is 0.439. The second kappa shape index (κ2) is 4.66. The Morgan fingerprint density at radius 3 is 2.91 bits per heavy atom. The quantitative estimate of drug-likeness (QED) is 0.587. The lowest BCUT2D eigenvalue weighted by Crippen LogP contribution is -2.56. The molecule has 1 saturated heterocycles. The summed E-state index contributed by atoms with van der Waals surface area (Å²) in [5.74, 6) is -2.87. The van der Waals surface area contributed by atoms with Gasteiger partial charge in [0.1, 0.15) is 11.4 Å². The van der Waals surface area contributed by atoms with Gasteiger partial charge in [0.25, 0.3) is 11.5 Å². The summed E-state index contributed by atoms with van der Waals surface area (Å²) >= 11 is 0. The van der Waals surface area contributed by atoms with E-state index in [9.17, 15) is 14.4 Å². The molecule has 7 heteroatoms. The third kappa shape index (κ3) is 1.89. The number of amides is 2. The van der Waals surface area contributed by atoms with Gasteiger partial charge in [-0.2, -0.15) is 0 Å². The van der Waals surface area contributed by atoms with Crippen LogP contribution in [0, 0.1) is 6.85 Å². The standard InChI is InChI=1S/C15H16N4O3/c1-8-17-10-5-3-4-9(16)12(10)13(21)19(8)15(2)7-6-11(20)18-14(15)22/h3-5H,6-7,16H2,1-2H3,(H,18,20,22)/i1D3,2D3. The molecule has 1 atom stereocenters. The average Bonchev–Trinajstić information content (AvgIpc) is 2.53. The van der Waals surface area contributed by atoms with Crippen LogP contribution in [0.1, 0.15) is 33.7 Å². The highest BCUT2D eigenvalue weighted by molar-refractivity contribution is 6.01. The van der Waals surface area contributed by atoms with Crippen LogP contribution in [-0.4, -0.2) is 21.4 Å². The Bertz CT molecular complexity index is 1060. The molecule has 7 nitrogen and oxygen atoms in total. The second-order valence-corrected chi connectivity index (χ2v) is 5.05. The Morgan fingerprint density at radius 2 is 2.23 bits per heavy atom. The van der Waals surface area contributed by atoms with Gasteiger partial charge in [-0.15, -0.1) is 0 Å². The Kier molecular flexibility index (Phi) is 1.84. The lowest BCUT2D eigenvalue weighted by atomic mass is 9.90. The summed E-state index contributed by atoms with van der Waals surface area (Å²) in [4.78, 5) is 41.6. The normalized spacial score (nSPS) is 27.1. The number of hydrogen-bond donors (Lipinski definition) is 2. The molecule has 2 heterocycles. The van der Waals surface area contributed by atoms with E-state index in [4.69, 9.17) is 14.0 Å². The molecule has 0 spiro atoms. The van der Waals surface area contributed by atoms with Crippen molar-refractivity contribution in [1.82, 2.24) is 14.9 Å². The highest BCUT2D eigenvalue weighted by Gasteiger charge is 2.42. The molecule has 22 heavy (non-hydrogen) atoms. The number of hydrogen-bond acceptors (Lipinski definition) is 5. The number of nitrogen functional groups attached to an aromatic ring is 1. The minimum atomic E-state index is -3.15. The lowest BCUT2D eigenvalue weighted by molar-refractivity contribution is -0.140. The van der Waals surface area contributed by atoms with Gasteiger partial charge < -0.3 is 5.73 Å². The summed E-state index contributed by atoms with van der Waals surface area (Å²) in [5.41, 5.74) is 2.05. The zero-order valence-electron chi connectivity index (χ0n) is 17.3. The number of carbonyl (C=O) groups excluding carboxylic acids is 2. The Morgan fingerprint density at radius 1 is 1.41 bits per heavy atom. The number of aromatic nitrogens is 2.